The van der Waals surface area contributed by atoms with E-state index in [2.05, 4.69) is 17.3 Å². The Labute approximate surface area is 169 Å². The van der Waals surface area contributed by atoms with E-state index in [9.17, 15) is 10.0 Å². The van der Waals surface area contributed by atoms with Gasteiger partial charge in [0.25, 0.3) is 5.91 Å². The number of ether oxygens (including phenoxy) is 1. The first kappa shape index (κ1) is 18.1. The Hall–Kier alpha value is -2.90. The first-order valence-corrected chi connectivity index (χ1v) is 10.0. The fourth-order valence-electron chi connectivity index (χ4n) is 4.64. The quantitative estimate of drug-likeness (QED) is 0.525. The molecule has 2 fully saturated rings. The third-order valence-electron chi connectivity index (χ3n) is 6.23. The summed E-state index contributed by atoms with van der Waals surface area (Å²) in [5.41, 5.74) is 2.36. The number of carbonyl (C=O) groups excluding carboxylic acids is 1. The molecule has 2 N–H and O–H groups in total. The average molecular weight is 393 g/mol. The molecule has 5 rings (SSSR count). The van der Waals surface area contributed by atoms with Gasteiger partial charge in [-0.25, -0.2) is 0 Å². The van der Waals surface area contributed by atoms with E-state index in [1.165, 1.54) is 0 Å². The Morgan fingerprint density at radius 1 is 1.17 bits per heavy atom. The van der Waals surface area contributed by atoms with Gasteiger partial charge in [-0.3, -0.25) is 14.9 Å². The Balaban J connectivity index is 1.45. The lowest BCUT2D eigenvalue weighted by atomic mass is 9.90. The second-order valence-electron chi connectivity index (χ2n) is 8.02. The molecule has 4 heterocycles. The van der Waals surface area contributed by atoms with Crippen molar-refractivity contribution in [1.82, 2.24) is 14.8 Å². The van der Waals surface area contributed by atoms with Crippen LogP contribution in [-0.2, 0) is 4.74 Å². The molecule has 2 aliphatic rings. The van der Waals surface area contributed by atoms with Crippen LogP contribution in [0.25, 0.3) is 16.6 Å². The summed E-state index contributed by atoms with van der Waals surface area (Å²) in [4.78, 5) is 15.6. The van der Waals surface area contributed by atoms with Crippen LogP contribution in [0.2, 0.25) is 0 Å². The highest BCUT2D eigenvalue weighted by molar-refractivity contribution is 6.07. The van der Waals surface area contributed by atoms with Gasteiger partial charge in [-0.05, 0) is 32.0 Å². The maximum Gasteiger partial charge on any atom is 0.253 e. The molecule has 2 saturated heterocycles. The number of hydrogen-bond acceptors (Lipinski definition) is 4. The number of likely N-dealkylation sites (N-methyl/N-ethyl adjacent to an activating group) is 1. The first-order valence-electron chi connectivity index (χ1n) is 10.0. The smallest absolute Gasteiger partial charge is 0.253 e. The molecule has 1 amide bonds. The van der Waals surface area contributed by atoms with Gasteiger partial charge in [-0.2, -0.15) is 0 Å². The standard InChI is InChI=1S/C22H24N4O3/c1-24-17-9-15(10-18(24)14-29-13-17)23-22(27)20-12-26(16-5-4-8-25(28)11-16)21-7-3-2-6-19(20)21/h2-8,11-12,15,17-18H,9-10,13-14H2,1H3,(H-,23,27,28)/p+1. The lowest BCUT2D eigenvalue weighted by Crippen LogP contribution is -2.59. The number of carbonyl (C=O) groups is 1. The largest absolute Gasteiger partial charge is 0.378 e. The number of amides is 1. The van der Waals surface area contributed by atoms with Crippen molar-refractivity contribution in [3.63, 3.8) is 0 Å². The number of pyridine rings is 1. The van der Waals surface area contributed by atoms with Crippen molar-refractivity contribution < 1.29 is 19.5 Å². The van der Waals surface area contributed by atoms with Crippen molar-refractivity contribution in [3.05, 3.63) is 60.6 Å². The van der Waals surface area contributed by atoms with Crippen molar-refractivity contribution >= 4 is 16.8 Å². The fraction of sp³-hybridized carbons (Fsp3) is 0.364. The molecule has 0 spiro atoms. The van der Waals surface area contributed by atoms with Gasteiger partial charge in [0.15, 0.2) is 0 Å². The summed E-state index contributed by atoms with van der Waals surface area (Å²) in [6.45, 7) is 1.46. The number of benzene rings is 1. The molecule has 2 atom stereocenters. The minimum Gasteiger partial charge on any atom is -0.378 e. The summed E-state index contributed by atoms with van der Waals surface area (Å²) in [5.74, 6) is -0.0544. The molecule has 29 heavy (non-hydrogen) atoms. The van der Waals surface area contributed by atoms with Crippen molar-refractivity contribution in [3.8, 4) is 5.69 Å². The van der Waals surface area contributed by atoms with Crippen LogP contribution < -0.4 is 10.0 Å². The van der Waals surface area contributed by atoms with Crippen LogP contribution in [0.4, 0.5) is 0 Å². The highest BCUT2D eigenvalue weighted by atomic mass is 16.5. The number of hydrogen-bond donors (Lipinski definition) is 2. The molecule has 7 heteroatoms. The average Bonchev–Trinajstić information content (AvgIpc) is 3.09. The minimum absolute atomic E-state index is 0.0544. The summed E-state index contributed by atoms with van der Waals surface area (Å²) >= 11 is 0. The molecule has 2 aliphatic heterocycles. The minimum atomic E-state index is -0.0544. The molecular weight excluding hydrogens is 368 g/mol. The van der Waals surface area contributed by atoms with Crippen LogP contribution in [0, 0.1) is 0 Å². The highest BCUT2D eigenvalue weighted by Gasteiger charge is 2.37. The van der Waals surface area contributed by atoms with Gasteiger partial charge in [-0.1, -0.05) is 18.2 Å². The van der Waals surface area contributed by atoms with E-state index in [-0.39, 0.29) is 11.9 Å². The number of nitrogens with one attached hydrogen (secondary N) is 1. The van der Waals surface area contributed by atoms with Gasteiger partial charge < -0.3 is 14.6 Å². The second kappa shape index (κ2) is 7.17. The van der Waals surface area contributed by atoms with Crippen molar-refractivity contribution in [2.45, 2.75) is 31.0 Å². The van der Waals surface area contributed by atoms with Crippen molar-refractivity contribution in [2.24, 2.45) is 0 Å². The summed E-state index contributed by atoms with van der Waals surface area (Å²) in [6.07, 6.45) is 6.84. The van der Waals surface area contributed by atoms with Gasteiger partial charge in [-0.15, -0.1) is 0 Å². The number of aromatic nitrogens is 2. The second-order valence-corrected chi connectivity index (χ2v) is 8.02. The van der Waals surface area contributed by atoms with Crippen molar-refractivity contribution in [1.29, 1.82) is 0 Å². The number of rotatable bonds is 3. The molecule has 2 unspecified atom stereocenters. The lowest BCUT2D eigenvalue weighted by Gasteiger charge is -2.46. The normalized spacial score (nSPS) is 24.5. The highest BCUT2D eigenvalue weighted by Crippen LogP contribution is 2.28. The Kier molecular flexibility index (Phi) is 4.49. The van der Waals surface area contributed by atoms with Gasteiger partial charge in [0.05, 0.1) is 24.3 Å². The fourth-order valence-corrected chi connectivity index (χ4v) is 4.64. The number of para-hydroxylation sites is 1. The van der Waals surface area contributed by atoms with E-state index in [4.69, 9.17) is 4.74 Å². The van der Waals surface area contributed by atoms with Crippen molar-refractivity contribution in [2.75, 3.05) is 20.3 Å². The molecule has 7 nitrogen and oxygen atoms in total. The summed E-state index contributed by atoms with van der Waals surface area (Å²) in [6, 6.07) is 12.4. The SMILES string of the molecule is CN1C2COCC1CC(NC(=O)c1cn(-c3ccc[n+](O)c3)c3ccccc13)C2. The first-order chi connectivity index (χ1) is 14.1. The molecule has 1 aromatic carbocycles. The summed E-state index contributed by atoms with van der Waals surface area (Å²) in [7, 11) is 2.15. The van der Waals surface area contributed by atoms with Crippen LogP contribution in [0.5, 0.6) is 0 Å². The zero-order valence-corrected chi connectivity index (χ0v) is 16.4. The van der Waals surface area contributed by atoms with E-state index in [0.29, 0.717) is 17.6 Å². The van der Waals surface area contributed by atoms with Crippen LogP contribution in [0.1, 0.15) is 23.2 Å². The lowest BCUT2D eigenvalue weighted by molar-refractivity contribution is -0.904. The van der Waals surface area contributed by atoms with Crippen LogP contribution >= 0.6 is 0 Å². The van der Waals surface area contributed by atoms with Crippen LogP contribution in [0.15, 0.2) is 55.0 Å². The van der Waals surface area contributed by atoms with Gasteiger partial charge in [0.1, 0.15) is 5.69 Å². The van der Waals surface area contributed by atoms with Gasteiger partial charge in [0, 0.05) is 40.5 Å². The number of fused-ring (bicyclic) bond motifs is 3. The third-order valence-corrected chi connectivity index (χ3v) is 6.23. The topological polar surface area (TPSA) is 70.6 Å². The molecule has 0 radical (unpaired) electrons. The van der Waals surface area contributed by atoms with E-state index >= 15 is 0 Å². The molecule has 2 aromatic heterocycles. The number of piperidine rings is 1. The predicted molar refractivity (Wildman–Crippen MR) is 107 cm³/mol. The summed E-state index contributed by atoms with van der Waals surface area (Å²) < 4.78 is 8.64. The Morgan fingerprint density at radius 2 is 1.93 bits per heavy atom. The Morgan fingerprint density at radius 3 is 2.69 bits per heavy atom. The van der Waals surface area contributed by atoms with E-state index in [1.54, 1.807) is 18.5 Å². The zero-order chi connectivity index (χ0) is 20.0. The molecule has 2 bridgehead atoms. The molecule has 3 aromatic rings. The Bertz CT molecular complexity index is 1050. The van der Waals surface area contributed by atoms with Gasteiger partial charge in [0.2, 0.25) is 12.4 Å². The van der Waals surface area contributed by atoms with Gasteiger partial charge >= 0.3 is 0 Å². The van der Waals surface area contributed by atoms with E-state index in [0.717, 1.165) is 47.4 Å². The maximum absolute atomic E-state index is 13.2. The number of nitrogens with zero attached hydrogens (tertiary/aromatic N) is 3. The van der Waals surface area contributed by atoms with E-state index in [1.807, 2.05) is 41.1 Å². The molecule has 150 valence electrons. The molecule has 0 aliphatic carbocycles. The monoisotopic (exact) mass is 393 g/mol. The predicted octanol–water partition coefficient (Wildman–Crippen LogP) is 1.75. The number of morpholine rings is 1. The summed E-state index contributed by atoms with van der Waals surface area (Å²) in [5, 5.41) is 14.0. The zero-order valence-electron chi connectivity index (χ0n) is 16.4. The molecule has 0 saturated carbocycles. The van der Waals surface area contributed by atoms with Crippen LogP contribution in [0.3, 0.4) is 0 Å². The maximum atomic E-state index is 13.2. The van der Waals surface area contributed by atoms with E-state index < -0.39 is 0 Å². The van der Waals surface area contributed by atoms with Crippen LogP contribution in [-0.4, -0.2) is 59.0 Å². The third kappa shape index (κ3) is 3.26. The molecular formula is C22H25N4O3+.